The Bertz CT molecular complexity index is 182. The highest BCUT2D eigenvalue weighted by molar-refractivity contribution is 5.18. The van der Waals surface area contributed by atoms with Crippen LogP contribution in [0.4, 0.5) is 0 Å². The summed E-state index contributed by atoms with van der Waals surface area (Å²) in [6.45, 7) is 8.48. The third-order valence-electron chi connectivity index (χ3n) is 1.98. The Morgan fingerprint density at radius 1 is 1.07 bits per heavy atom. The molecule has 0 fully saturated rings. The van der Waals surface area contributed by atoms with Crippen molar-refractivity contribution < 1.29 is 5.11 Å². The van der Waals surface area contributed by atoms with Crippen molar-refractivity contribution in [3.8, 4) is 0 Å². The van der Waals surface area contributed by atoms with Gasteiger partial charge in [0.25, 0.3) is 0 Å². The highest BCUT2D eigenvalue weighted by Crippen LogP contribution is 2.16. The summed E-state index contributed by atoms with van der Waals surface area (Å²) in [6.07, 6.45) is 1.23. The maximum absolute atomic E-state index is 7.00. The zero-order valence-corrected chi connectivity index (χ0v) is 10.1. The fraction of sp³-hybridized carbons (Fsp3) is 0.538. The van der Waals surface area contributed by atoms with E-state index < -0.39 is 0 Å². The van der Waals surface area contributed by atoms with Gasteiger partial charge in [0, 0.05) is 7.11 Å². The van der Waals surface area contributed by atoms with Crippen LogP contribution in [0.15, 0.2) is 30.3 Å². The second kappa shape index (κ2) is 12.2. The first kappa shape index (κ1) is 15.6. The summed E-state index contributed by atoms with van der Waals surface area (Å²) >= 11 is 0. The van der Waals surface area contributed by atoms with Gasteiger partial charge in [-0.15, -0.1) is 0 Å². The van der Waals surface area contributed by atoms with E-state index in [1.165, 1.54) is 12.0 Å². The summed E-state index contributed by atoms with van der Waals surface area (Å²) < 4.78 is 0. The van der Waals surface area contributed by atoms with Crippen molar-refractivity contribution >= 4 is 0 Å². The fourth-order valence-electron chi connectivity index (χ4n) is 1.02. The Kier molecular flexibility index (Phi) is 13.6. The lowest BCUT2D eigenvalue weighted by atomic mass is 9.99. The molecule has 1 rings (SSSR count). The van der Waals surface area contributed by atoms with E-state index in [1.54, 1.807) is 0 Å². The van der Waals surface area contributed by atoms with Gasteiger partial charge in [0.2, 0.25) is 0 Å². The maximum Gasteiger partial charge on any atom is 0.0319 e. The van der Waals surface area contributed by atoms with Crippen LogP contribution in [0, 0.1) is 0 Å². The summed E-state index contributed by atoms with van der Waals surface area (Å²) in [5, 5.41) is 7.00. The number of benzene rings is 1. The van der Waals surface area contributed by atoms with Crippen LogP contribution in [-0.2, 0) is 0 Å². The van der Waals surface area contributed by atoms with Crippen LogP contribution in [0.1, 0.15) is 45.6 Å². The van der Waals surface area contributed by atoms with E-state index >= 15 is 0 Å². The Hall–Kier alpha value is -0.820. The average Bonchev–Trinajstić information content (AvgIpc) is 2.34. The number of hydrogen-bond donors (Lipinski definition) is 1. The molecule has 82 valence electrons. The molecule has 0 saturated carbocycles. The molecule has 1 aromatic carbocycles. The van der Waals surface area contributed by atoms with E-state index in [9.17, 15) is 0 Å². The van der Waals surface area contributed by atoms with E-state index in [2.05, 4.69) is 44.2 Å². The molecule has 0 amide bonds. The topological polar surface area (TPSA) is 20.2 Å². The van der Waals surface area contributed by atoms with E-state index in [0.29, 0.717) is 5.92 Å². The largest absolute Gasteiger partial charge is 0.400 e. The average molecular weight is 196 g/mol. The monoisotopic (exact) mass is 196 g/mol. The van der Waals surface area contributed by atoms with E-state index in [4.69, 9.17) is 5.11 Å². The SMILES string of the molecule is CC.CCC(C)c1ccccc1.CO. The molecular weight excluding hydrogens is 172 g/mol. The first-order valence-electron chi connectivity index (χ1n) is 5.34. The first-order valence-corrected chi connectivity index (χ1v) is 5.34. The molecule has 0 aliphatic heterocycles. The van der Waals surface area contributed by atoms with Gasteiger partial charge < -0.3 is 5.11 Å². The molecule has 0 aromatic heterocycles. The smallest absolute Gasteiger partial charge is 0.0319 e. The third kappa shape index (κ3) is 6.67. The summed E-state index contributed by atoms with van der Waals surface area (Å²) in [5.41, 5.74) is 1.45. The molecule has 14 heavy (non-hydrogen) atoms. The fourth-order valence-corrected chi connectivity index (χ4v) is 1.02. The van der Waals surface area contributed by atoms with Gasteiger partial charge in [-0.25, -0.2) is 0 Å². The molecule has 1 heteroatoms. The lowest BCUT2D eigenvalue weighted by molar-refractivity contribution is 0.399. The van der Waals surface area contributed by atoms with Crippen LogP contribution in [0.2, 0.25) is 0 Å². The van der Waals surface area contributed by atoms with Crippen molar-refractivity contribution in [3.05, 3.63) is 35.9 Å². The van der Waals surface area contributed by atoms with Gasteiger partial charge in [0.05, 0.1) is 0 Å². The van der Waals surface area contributed by atoms with E-state index in [-0.39, 0.29) is 0 Å². The van der Waals surface area contributed by atoms with Gasteiger partial charge in [0.15, 0.2) is 0 Å². The summed E-state index contributed by atoms with van der Waals surface area (Å²) in [6, 6.07) is 10.6. The number of rotatable bonds is 2. The molecule has 1 N–H and O–H groups in total. The van der Waals surface area contributed by atoms with Crippen LogP contribution in [0.25, 0.3) is 0 Å². The molecule has 0 aliphatic carbocycles. The van der Waals surface area contributed by atoms with Crippen LogP contribution in [0.3, 0.4) is 0 Å². The van der Waals surface area contributed by atoms with Crippen LogP contribution in [0.5, 0.6) is 0 Å². The number of aliphatic hydroxyl groups is 1. The second-order valence-corrected chi connectivity index (χ2v) is 2.72. The standard InChI is InChI=1S/C10H14.C2H6.CH4O/c1-3-9(2)10-7-5-4-6-8-10;2*1-2/h4-9H,3H2,1-2H3;1-2H3;2H,1H3. The predicted molar refractivity (Wildman–Crippen MR) is 64.6 cm³/mol. The van der Waals surface area contributed by atoms with Crippen molar-refractivity contribution in [2.45, 2.75) is 40.0 Å². The number of hydrogen-bond acceptors (Lipinski definition) is 1. The Morgan fingerprint density at radius 2 is 1.50 bits per heavy atom. The molecule has 1 aromatic rings. The molecule has 0 radical (unpaired) electrons. The molecule has 1 unspecified atom stereocenters. The Morgan fingerprint density at radius 3 is 1.86 bits per heavy atom. The first-order chi connectivity index (χ1) is 6.84. The molecule has 0 bridgehead atoms. The lowest BCUT2D eigenvalue weighted by Gasteiger charge is -2.06. The Labute approximate surface area is 88.8 Å². The summed E-state index contributed by atoms with van der Waals surface area (Å²) in [5.74, 6) is 0.709. The Balaban J connectivity index is 0. The van der Waals surface area contributed by atoms with Crippen molar-refractivity contribution in [2.24, 2.45) is 0 Å². The van der Waals surface area contributed by atoms with E-state index in [1.807, 2.05) is 13.8 Å². The number of aliphatic hydroxyl groups excluding tert-OH is 1. The normalized spacial score (nSPS) is 10.1. The van der Waals surface area contributed by atoms with Crippen LogP contribution >= 0.6 is 0 Å². The van der Waals surface area contributed by atoms with Gasteiger partial charge in [-0.1, -0.05) is 58.0 Å². The van der Waals surface area contributed by atoms with Crippen molar-refractivity contribution in [2.75, 3.05) is 7.11 Å². The predicted octanol–water partition coefficient (Wildman–Crippen LogP) is 3.83. The molecule has 0 spiro atoms. The summed E-state index contributed by atoms with van der Waals surface area (Å²) in [4.78, 5) is 0. The molecule has 1 atom stereocenters. The second-order valence-electron chi connectivity index (χ2n) is 2.72. The zero-order chi connectivity index (χ0) is 11.4. The van der Waals surface area contributed by atoms with Gasteiger partial charge in [-0.3, -0.25) is 0 Å². The highest BCUT2D eigenvalue weighted by atomic mass is 16.2. The minimum absolute atomic E-state index is 0.709. The molecule has 0 heterocycles. The minimum atomic E-state index is 0.709. The van der Waals surface area contributed by atoms with Crippen molar-refractivity contribution in [1.29, 1.82) is 0 Å². The molecular formula is C13H24O. The minimum Gasteiger partial charge on any atom is -0.400 e. The summed E-state index contributed by atoms with van der Waals surface area (Å²) in [7, 11) is 1.00. The van der Waals surface area contributed by atoms with Gasteiger partial charge in [-0.05, 0) is 17.9 Å². The van der Waals surface area contributed by atoms with E-state index in [0.717, 1.165) is 7.11 Å². The molecule has 0 aliphatic rings. The quantitative estimate of drug-likeness (QED) is 0.762. The highest BCUT2D eigenvalue weighted by Gasteiger charge is 1.98. The van der Waals surface area contributed by atoms with Crippen molar-refractivity contribution in [1.82, 2.24) is 0 Å². The van der Waals surface area contributed by atoms with Gasteiger partial charge >= 0.3 is 0 Å². The van der Waals surface area contributed by atoms with Crippen LogP contribution < -0.4 is 0 Å². The van der Waals surface area contributed by atoms with Gasteiger partial charge in [0.1, 0.15) is 0 Å². The zero-order valence-electron chi connectivity index (χ0n) is 10.1. The van der Waals surface area contributed by atoms with Crippen LogP contribution in [-0.4, -0.2) is 12.2 Å². The van der Waals surface area contributed by atoms with Crippen molar-refractivity contribution in [3.63, 3.8) is 0 Å². The third-order valence-corrected chi connectivity index (χ3v) is 1.98. The maximum atomic E-state index is 7.00. The van der Waals surface area contributed by atoms with Gasteiger partial charge in [-0.2, -0.15) is 0 Å². The lowest BCUT2D eigenvalue weighted by Crippen LogP contribution is -1.88. The molecule has 0 saturated heterocycles. The molecule has 1 nitrogen and oxygen atoms in total.